The van der Waals surface area contributed by atoms with Gasteiger partial charge in [-0.05, 0) is 90.8 Å². The summed E-state index contributed by atoms with van der Waals surface area (Å²) in [6, 6.07) is 36.2. The van der Waals surface area contributed by atoms with Gasteiger partial charge in [0, 0.05) is 49.6 Å². The highest BCUT2D eigenvalue weighted by Gasteiger charge is 2.48. The number of carbonyl (C=O) groups is 3. The van der Waals surface area contributed by atoms with Gasteiger partial charge in [0.25, 0.3) is 5.91 Å². The van der Waals surface area contributed by atoms with Crippen molar-refractivity contribution in [2.45, 2.75) is 72.6 Å². The van der Waals surface area contributed by atoms with Crippen molar-refractivity contribution in [1.82, 2.24) is 9.80 Å². The Morgan fingerprint density at radius 1 is 0.850 bits per heavy atom. The zero-order valence-corrected chi connectivity index (χ0v) is 36.0. The van der Waals surface area contributed by atoms with Crippen LogP contribution < -0.4 is 14.4 Å². The van der Waals surface area contributed by atoms with E-state index in [0.29, 0.717) is 53.7 Å². The van der Waals surface area contributed by atoms with Gasteiger partial charge in [0.05, 0.1) is 22.2 Å². The lowest BCUT2D eigenvalue weighted by Gasteiger charge is -2.49. The number of hydrogen-bond donors (Lipinski definition) is 1. The van der Waals surface area contributed by atoms with Gasteiger partial charge >= 0.3 is 12.1 Å². The van der Waals surface area contributed by atoms with Crippen LogP contribution in [0.15, 0.2) is 109 Å². The van der Waals surface area contributed by atoms with Crippen molar-refractivity contribution < 1.29 is 29.0 Å². The van der Waals surface area contributed by atoms with Crippen LogP contribution in [0, 0.1) is 22.7 Å². The Kier molecular flexibility index (Phi) is 11.2. The molecule has 3 aliphatic rings. The van der Waals surface area contributed by atoms with Crippen LogP contribution in [0.4, 0.5) is 10.5 Å². The zero-order valence-electron chi connectivity index (χ0n) is 35.2. The molecule has 0 aliphatic carbocycles. The van der Waals surface area contributed by atoms with E-state index in [0.717, 1.165) is 29.4 Å². The highest BCUT2D eigenvalue weighted by molar-refractivity contribution is 6.34. The Morgan fingerprint density at radius 2 is 1.48 bits per heavy atom. The van der Waals surface area contributed by atoms with Gasteiger partial charge in [0.2, 0.25) is 0 Å². The minimum atomic E-state index is -0.947. The van der Waals surface area contributed by atoms with E-state index < -0.39 is 17.6 Å². The van der Waals surface area contributed by atoms with Gasteiger partial charge in [-0.3, -0.25) is 14.5 Å². The number of nitrogens with zero attached hydrogens (tertiary/aromatic N) is 3. The number of anilines is 1. The molecule has 0 saturated carbocycles. The number of rotatable bonds is 8. The number of esters is 1. The molecule has 5 aromatic carbocycles. The molecule has 312 valence electrons. The first-order chi connectivity index (χ1) is 28.6. The molecule has 2 saturated heterocycles. The van der Waals surface area contributed by atoms with Crippen LogP contribution in [0.1, 0.15) is 71.6 Å². The molecule has 60 heavy (non-hydrogen) atoms. The molecule has 1 N–H and O–H groups in total. The third-order valence-electron chi connectivity index (χ3n) is 12.4. The molecule has 9 nitrogen and oxygen atoms in total. The third-order valence-corrected chi connectivity index (χ3v) is 12.7. The van der Waals surface area contributed by atoms with Crippen LogP contribution in [-0.4, -0.2) is 71.2 Å². The van der Waals surface area contributed by atoms with Crippen molar-refractivity contribution >= 4 is 46.0 Å². The summed E-state index contributed by atoms with van der Waals surface area (Å²) in [5, 5.41) is 12.4. The molecule has 2 fully saturated rings. The van der Waals surface area contributed by atoms with Gasteiger partial charge in [0.1, 0.15) is 11.5 Å². The summed E-state index contributed by atoms with van der Waals surface area (Å²) in [4.78, 5) is 46.2. The number of fused-ring (bicyclic) bond motifs is 2. The Bertz CT molecular complexity index is 2360. The Hall–Kier alpha value is -5.38. The monoisotopic (exact) mass is 827 g/mol. The molecule has 5 aromatic rings. The van der Waals surface area contributed by atoms with Crippen molar-refractivity contribution in [3.63, 3.8) is 0 Å². The van der Waals surface area contributed by atoms with Gasteiger partial charge in [-0.15, -0.1) is 0 Å². The highest BCUT2D eigenvalue weighted by Crippen LogP contribution is 2.48. The molecule has 0 bridgehead atoms. The minimum Gasteiger partial charge on any atom is -0.478 e. The van der Waals surface area contributed by atoms with Gasteiger partial charge in [0.15, 0.2) is 6.10 Å². The molecule has 3 aliphatic heterocycles. The topological polar surface area (TPSA) is 99.6 Å². The number of likely N-dealkylation sites (tertiary alicyclic amines) is 2. The average Bonchev–Trinajstić information content (AvgIpc) is 3.20. The molecular weight excluding hydrogens is 774 g/mol. The molecule has 3 unspecified atom stereocenters. The van der Waals surface area contributed by atoms with E-state index >= 15 is 0 Å². The number of amides is 2. The maximum Gasteiger partial charge on any atom is 0.407 e. The second-order valence-corrected chi connectivity index (χ2v) is 19.2. The van der Waals surface area contributed by atoms with Crippen molar-refractivity contribution in [2.75, 3.05) is 31.1 Å². The zero-order chi connectivity index (χ0) is 42.5. The van der Waals surface area contributed by atoms with Crippen molar-refractivity contribution in [2.24, 2.45) is 22.7 Å². The van der Waals surface area contributed by atoms with Crippen LogP contribution in [-0.2, 0) is 9.59 Å². The summed E-state index contributed by atoms with van der Waals surface area (Å²) in [7, 11) is 0. The van der Waals surface area contributed by atoms with E-state index in [4.69, 9.17) is 21.1 Å². The summed E-state index contributed by atoms with van der Waals surface area (Å²) in [6.07, 6.45) is -0.773. The van der Waals surface area contributed by atoms with Crippen molar-refractivity contribution in [3.8, 4) is 22.6 Å². The molecule has 8 rings (SSSR count). The maximum absolute atomic E-state index is 14.9. The lowest BCUT2D eigenvalue weighted by Crippen LogP contribution is -2.59. The fraction of sp³-hybridized carbons (Fsp3) is 0.380. The second-order valence-electron chi connectivity index (χ2n) is 18.8. The summed E-state index contributed by atoms with van der Waals surface area (Å²) in [5.74, 6) is 0.433. The largest absolute Gasteiger partial charge is 0.478 e. The lowest BCUT2D eigenvalue weighted by atomic mass is 9.75. The third kappa shape index (κ3) is 8.22. The summed E-state index contributed by atoms with van der Waals surface area (Å²) < 4.78 is 12.8. The number of piperidine rings is 1. The summed E-state index contributed by atoms with van der Waals surface area (Å²) in [5.41, 5.74) is 3.46. The maximum atomic E-state index is 14.9. The predicted molar refractivity (Wildman–Crippen MR) is 237 cm³/mol. The van der Waals surface area contributed by atoms with Gasteiger partial charge in [-0.1, -0.05) is 117 Å². The van der Waals surface area contributed by atoms with Crippen LogP contribution in [0.3, 0.4) is 0 Å². The first-order valence-electron chi connectivity index (χ1n) is 21.0. The molecule has 0 spiro atoms. The van der Waals surface area contributed by atoms with Gasteiger partial charge < -0.3 is 24.4 Å². The van der Waals surface area contributed by atoms with E-state index in [-0.39, 0.29) is 41.2 Å². The number of benzene rings is 5. The Labute approximate surface area is 357 Å². The molecule has 3 atom stereocenters. The highest BCUT2D eigenvalue weighted by atomic mass is 35.5. The van der Waals surface area contributed by atoms with Crippen LogP contribution in [0.5, 0.6) is 11.5 Å². The van der Waals surface area contributed by atoms with Gasteiger partial charge in [-0.25, -0.2) is 4.79 Å². The summed E-state index contributed by atoms with van der Waals surface area (Å²) >= 11 is 7.25. The van der Waals surface area contributed by atoms with Gasteiger partial charge in [-0.2, -0.15) is 0 Å². The van der Waals surface area contributed by atoms with Crippen molar-refractivity contribution in [1.29, 1.82) is 0 Å². The van der Waals surface area contributed by atoms with E-state index in [1.807, 2.05) is 107 Å². The van der Waals surface area contributed by atoms with Crippen LogP contribution in [0.25, 0.3) is 21.9 Å². The number of halogens is 1. The van der Waals surface area contributed by atoms with E-state index in [9.17, 15) is 19.5 Å². The van der Waals surface area contributed by atoms with Crippen LogP contribution in [0.2, 0.25) is 5.02 Å². The van der Waals surface area contributed by atoms with E-state index in [2.05, 4.69) is 53.4 Å². The SMILES string of the molecule is CC(C)(C)C(=O)Oc1cc(-c2cc3c(cc2Cl)N(CC2CN(C(c4ccccc4)c4ccccc4)C2)C(=O)C(C2CCN(C(=O)O)C(C(C)(C)C)C2)O3)c2ccccc2c1. The number of hydrogen-bond acceptors (Lipinski definition) is 6. The first kappa shape index (κ1) is 41.4. The second kappa shape index (κ2) is 16.2. The molecule has 3 heterocycles. The molecule has 2 amide bonds. The average molecular weight is 828 g/mol. The minimum absolute atomic E-state index is 0.0862. The van der Waals surface area contributed by atoms with E-state index in [1.54, 1.807) is 0 Å². The first-order valence-corrected chi connectivity index (χ1v) is 21.3. The van der Waals surface area contributed by atoms with E-state index in [1.165, 1.54) is 16.0 Å². The molecule has 0 radical (unpaired) electrons. The quantitative estimate of drug-likeness (QED) is 0.123. The number of carboxylic acid groups (broad SMARTS) is 1. The Balaban J connectivity index is 1.16. The fourth-order valence-corrected chi connectivity index (χ4v) is 9.48. The Morgan fingerprint density at radius 3 is 2.10 bits per heavy atom. The number of ether oxygens (including phenoxy) is 2. The molecule has 0 aromatic heterocycles. The summed E-state index contributed by atoms with van der Waals surface area (Å²) in [6.45, 7) is 14.0. The molecular formula is C50H54ClN3O6. The number of carbonyl (C=O) groups excluding carboxylic acids is 2. The predicted octanol–water partition coefficient (Wildman–Crippen LogP) is 10.7. The standard InChI is InChI=1S/C50H54ClN3O6/c1-49(2,3)43-24-35(21-22-53(43)48(57)58)45-46(55)54(30-31-28-52(29-31)44(32-15-9-7-10-16-32)33-17-11-8-12-18-33)41-27-40(51)39(26-42(41)60-45)38-25-36(59-47(56)50(4,5)6)23-34-19-13-14-20-37(34)38/h7-20,23,25-27,31,35,43-45H,21-22,24,28-30H2,1-6H3,(H,57,58). The molecule has 10 heteroatoms. The fourth-order valence-electron chi connectivity index (χ4n) is 9.22. The normalized spacial score (nSPS) is 20.1. The smallest absolute Gasteiger partial charge is 0.407 e. The van der Waals surface area contributed by atoms with Crippen LogP contribution >= 0.6 is 11.6 Å². The lowest BCUT2D eigenvalue weighted by molar-refractivity contribution is -0.143. The van der Waals surface area contributed by atoms with Crippen molar-refractivity contribution in [3.05, 3.63) is 125 Å².